The third kappa shape index (κ3) is 4.93. The number of nitrogens with zero attached hydrogens (tertiary/aromatic N) is 1. The first-order valence-corrected chi connectivity index (χ1v) is 7.45. The van der Waals surface area contributed by atoms with Crippen molar-refractivity contribution in [2.75, 3.05) is 11.1 Å². The molecule has 2 rings (SSSR count). The van der Waals surface area contributed by atoms with Crippen molar-refractivity contribution in [3.8, 4) is 6.07 Å². The highest BCUT2D eigenvalue weighted by atomic mass is 32.2. The van der Waals surface area contributed by atoms with E-state index >= 15 is 0 Å². The number of amides is 1. The van der Waals surface area contributed by atoms with Gasteiger partial charge >= 0.3 is 0 Å². The fourth-order valence-corrected chi connectivity index (χ4v) is 2.49. The molecule has 5 heteroatoms. The molecule has 0 fully saturated rings. The zero-order valence-corrected chi connectivity index (χ0v) is 12.0. The Morgan fingerprint density at radius 1 is 1.24 bits per heavy atom. The van der Waals surface area contributed by atoms with E-state index in [1.807, 2.05) is 12.1 Å². The van der Waals surface area contributed by atoms with Gasteiger partial charge in [-0.15, -0.1) is 11.8 Å². The molecule has 3 nitrogen and oxygen atoms in total. The van der Waals surface area contributed by atoms with E-state index in [2.05, 4.69) is 5.32 Å². The molecule has 21 heavy (non-hydrogen) atoms. The van der Waals surface area contributed by atoms with Crippen molar-refractivity contribution in [2.24, 2.45) is 0 Å². The van der Waals surface area contributed by atoms with Gasteiger partial charge in [-0.25, -0.2) is 4.39 Å². The molecule has 0 heterocycles. The van der Waals surface area contributed by atoms with E-state index in [1.165, 1.54) is 23.9 Å². The number of anilines is 1. The standard InChI is InChI=1S/C16H13FN2OS/c17-14-3-1-2-13(8-14)10-21-11-16(20)19-15-6-4-12(9-18)5-7-15/h1-8H,10-11H2,(H,19,20). The molecular formula is C16H13FN2OS. The fourth-order valence-electron chi connectivity index (χ4n) is 1.71. The molecule has 0 aromatic heterocycles. The summed E-state index contributed by atoms with van der Waals surface area (Å²) in [5.41, 5.74) is 2.06. The number of carbonyl (C=O) groups excluding carboxylic acids is 1. The van der Waals surface area contributed by atoms with E-state index in [4.69, 9.17) is 5.26 Å². The number of hydrogen-bond acceptors (Lipinski definition) is 3. The number of hydrogen-bond donors (Lipinski definition) is 1. The Labute approximate surface area is 126 Å². The van der Waals surface area contributed by atoms with Gasteiger partial charge in [0.15, 0.2) is 0 Å². The molecule has 0 saturated carbocycles. The molecule has 0 atom stereocenters. The Kier molecular flexibility index (Phi) is 5.35. The van der Waals surface area contributed by atoms with Crippen LogP contribution in [0.1, 0.15) is 11.1 Å². The summed E-state index contributed by atoms with van der Waals surface area (Å²) in [7, 11) is 0. The normalized spacial score (nSPS) is 9.90. The van der Waals surface area contributed by atoms with E-state index in [-0.39, 0.29) is 17.5 Å². The summed E-state index contributed by atoms with van der Waals surface area (Å²) in [6, 6.07) is 15.0. The average molecular weight is 300 g/mol. The van der Waals surface area contributed by atoms with Crippen LogP contribution < -0.4 is 5.32 Å². The number of halogens is 1. The molecule has 2 aromatic rings. The van der Waals surface area contributed by atoms with Crippen LogP contribution in [0.25, 0.3) is 0 Å². The van der Waals surface area contributed by atoms with E-state index in [9.17, 15) is 9.18 Å². The molecule has 0 aliphatic rings. The number of rotatable bonds is 5. The van der Waals surface area contributed by atoms with Gasteiger partial charge in [0, 0.05) is 11.4 Å². The van der Waals surface area contributed by atoms with Gasteiger partial charge in [0.1, 0.15) is 5.82 Å². The zero-order valence-electron chi connectivity index (χ0n) is 11.2. The maximum Gasteiger partial charge on any atom is 0.234 e. The highest BCUT2D eigenvalue weighted by Crippen LogP contribution is 2.14. The lowest BCUT2D eigenvalue weighted by Crippen LogP contribution is -2.14. The molecule has 0 radical (unpaired) electrons. The van der Waals surface area contributed by atoms with Crippen LogP contribution in [0.15, 0.2) is 48.5 Å². The number of benzene rings is 2. The molecule has 0 bridgehead atoms. The predicted octanol–water partition coefficient (Wildman–Crippen LogP) is 3.57. The van der Waals surface area contributed by atoms with Gasteiger partial charge < -0.3 is 5.32 Å². The molecule has 1 amide bonds. The lowest BCUT2D eigenvalue weighted by atomic mass is 10.2. The van der Waals surface area contributed by atoms with Crippen LogP contribution in [-0.2, 0) is 10.5 Å². The van der Waals surface area contributed by atoms with Crippen LogP contribution in [0.2, 0.25) is 0 Å². The molecule has 0 saturated heterocycles. The van der Waals surface area contributed by atoms with Crippen LogP contribution in [-0.4, -0.2) is 11.7 Å². The van der Waals surface area contributed by atoms with E-state index < -0.39 is 0 Å². The number of thioether (sulfide) groups is 1. The minimum atomic E-state index is -0.268. The monoisotopic (exact) mass is 300 g/mol. The maximum atomic E-state index is 13.0. The minimum Gasteiger partial charge on any atom is -0.325 e. The highest BCUT2D eigenvalue weighted by molar-refractivity contribution is 7.99. The quantitative estimate of drug-likeness (QED) is 0.918. The van der Waals surface area contributed by atoms with Gasteiger partial charge in [0.25, 0.3) is 0 Å². The van der Waals surface area contributed by atoms with Crippen LogP contribution in [0.3, 0.4) is 0 Å². The highest BCUT2D eigenvalue weighted by Gasteiger charge is 2.03. The van der Waals surface area contributed by atoms with Crippen molar-refractivity contribution in [3.63, 3.8) is 0 Å². The zero-order chi connectivity index (χ0) is 15.1. The van der Waals surface area contributed by atoms with Crippen molar-refractivity contribution in [1.82, 2.24) is 0 Å². The third-order valence-corrected chi connectivity index (χ3v) is 3.69. The number of carbonyl (C=O) groups is 1. The lowest BCUT2D eigenvalue weighted by molar-refractivity contribution is -0.113. The molecule has 0 spiro atoms. The first-order chi connectivity index (χ1) is 10.2. The van der Waals surface area contributed by atoms with Gasteiger partial charge in [-0.05, 0) is 42.0 Å². The SMILES string of the molecule is N#Cc1ccc(NC(=O)CSCc2cccc(F)c2)cc1. The summed E-state index contributed by atoms with van der Waals surface area (Å²) >= 11 is 1.42. The summed E-state index contributed by atoms with van der Waals surface area (Å²) in [6.45, 7) is 0. The molecule has 0 aliphatic heterocycles. The Balaban J connectivity index is 1.78. The van der Waals surface area contributed by atoms with Gasteiger partial charge in [0.05, 0.1) is 17.4 Å². The van der Waals surface area contributed by atoms with Crippen LogP contribution >= 0.6 is 11.8 Å². The van der Waals surface area contributed by atoms with Crippen molar-refractivity contribution < 1.29 is 9.18 Å². The smallest absolute Gasteiger partial charge is 0.234 e. The molecule has 2 aromatic carbocycles. The Morgan fingerprint density at radius 2 is 2.00 bits per heavy atom. The largest absolute Gasteiger partial charge is 0.325 e. The summed E-state index contributed by atoms with van der Waals surface area (Å²) in [6.07, 6.45) is 0. The van der Waals surface area contributed by atoms with Gasteiger partial charge in [-0.2, -0.15) is 5.26 Å². The first kappa shape index (κ1) is 15.1. The molecule has 1 N–H and O–H groups in total. The summed E-state index contributed by atoms with van der Waals surface area (Å²) in [5, 5.41) is 11.4. The van der Waals surface area contributed by atoms with E-state index in [0.717, 1.165) is 5.56 Å². The third-order valence-electron chi connectivity index (χ3n) is 2.69. The van der Waals surface area contributed by atoms with Crippen molar-refractivity contribution in [3.05, 3.63) is 65.5 Å². The number of nitrogens with one attached hydrogen (secondary N) is 1. The van der Waals surface area contributed by atoms with Crippen LogP contribution in [0.5, 0.6) is 0 Å². The Morgan fingerprint density at radius 3 is 2.67 bits per heavy atom. The number of nitriles is 1. The second-order valence-electron chi connectivity index (χ2n) is 4.36. The van der Waals surface area contributed by atoms with Gasteiger partial charge in [-0.3, -0.25) is 4.79 Å². The van der Waals surface area contributed by atoms with Gasteiger partial charge in [-0.1, -0.05) is 12.1 Å². The second-order valence-corrected chi connectivity index (χ2v) is 5.35. The van der Waals surface area contributed by atoms with E-state index in [0.29, 0.717) is 17.0 Å². The van der Waals surface area contributed by atoms with Crippen LogP contribution in [0, 0.1) is 17.1 Å². The minimum absolute atomic E-state index is 0.124. The summed E-state index contributed by atoms with van der Waals surface area (Å²) < 4.78 is 13.0. The predicted molar refractivity (Wildman–Crippen MR) is 82.3 cm³/mol. The van der Waals surface area contributed by atoms with Crippen molar-refractivity contribution in [1.29, 1.82) is 5.26 Å². The first-order valence-electron chi connectivity index (χ1n) is 6.29. The summed E-state index contributed by atoms with van der Waals surface area (Å²) in [4.78, 5) is 11.8. The molecular weight excluding hydrogens is 287 g/mol. The maximum absolute atomic E-state index is 13.0. The molecule has 106 valence electrons. The van der Waals surface area contributed by atoms with Crippen molar-refractivity contribution >= 4 is 23.4 Å². The average Bonchev–Trinajstić information content (AvgIpc) is 2.48. The van der Waals surface area contributed by atoms with Crippen LogP contribution in [0.4, 0.5) is 10.1 Å². The summed E-state index contributed by atoms with van der Waals surface area (Å²) in [5.74, 6) is 0.478. The van der Waals surface area contributed by atoms with Gasteiger partial charge in [0.2, 0.25) is 5.91 Å². The Hall–Kier alpha value is -2.32. The molecule has 0 aliphatic carbocycles. The molecule has 0 unspecified atom stereocenters. The second kappa shape index (κ2) is 7.46. The van der Waals surface area contributed by atoms with E-state index in [1.54, 1.807) is 30.3 Å². The topological polar surface area (TPSA) is 52.9 Å². The lowest BCUT2D eigenvalue weighted by Gasteiger charge is -2.05. The Bertz CT molecular complexity index is 665. The van der Waals surface area contributed by atoms with Crippen molar-refractivity contribution in [2.45, 2.75) is 5.75 Å². The fraction of sp³-hybridized carbons (Fsp3) is 0.125.